The molecule has 2 rings (SSSR count). The molecular weight excluding hydrogens is 407 g/mol. The van der Waals surface area contributed by atoms with Gasteiger partial charge >= 0.3 is 0 Å². The Morgan fingerprint density at radius 1 is 1.23 bits per heavy atom. The number of aliphatic imine (C=N–C) groups is 1. The van der Waals surface area contributed by atoms with Crippen molar-refractivity contribution in [1.82, 2.24) is 14.5 Å². The van der Waals surface area contributed by atoms with Crippen molar-refractivity contribution in [1.29, 1.82) is 0 Å². The third-order valence-corrected chi connectivity index (χ3v) is 7.06. The second-order valence-electron chi connectivity index (χ2n) is 8.39. The molecular formula is C21H35FN4O3S. The van der Waals surface area contributed by atoms with Gasteiger partial charge in [-0.1, -0.05) is 32.0 Å². The fourth-order valence-electron chi connectivity index (χ4n) is 3.43. The molecule has 0 amide bonds. The maximum absolute atomic E-state index is 14.2. The number of sulfonamides is 1. The van der Waals surface area contributed by atoms with E-state index in [1.165, 1.54) is 10.4 Å². The summed E-state index contributed by atoms with van der Waals surface area (Å²) in [5.74, 6) is 0.466. The minimum Gasteiger partial charge on any atom is -0.378 e. The summed E-state index contributed by atoms with van der Waals surface area (Å²) in [6.07, 6.45) is 0.0139. The number of ether oxygens (including phenoxy) is 1. The Hall–Kier alpha value is -1.71. The fraction of sp³-hybridized carbons (Fsp3) is 0.667. The molecule has 1 aromatic rings. The summed E-state index contributed by atoms with van der Waals surface area (Å²) in [6.45, 7) is 10.3. The van der Waals surface area contributed by atoms with Crippen molar-refractivity contribution in [3.63, 3.8) is 0 Å². The number of nitrogens with zero attached hydrogens (tertiary/aromatic N) is 3. The van der Waals surface area contributed by atoms with Crippen LogP contribution < -0.4 is 5.32 Å². The minimum atomic E-state index is -3.33. The normalized spacial score (nSPS) is 16.9. The van der Waals surface area contributed by atoms with E-state index in [1.807, 2.05) is 38.7 Å². The number of halogens is 1. The maximum atomic E-state index is 14.2. The van der Waals surface area contributed by atoms with E-state index in [0.29, 0.717) is 44.2 Å². The molecule has 1 aromatic carbocycles. The molecule has 7 nitrogen and oxygen atoms in total. The summed E-state index contributed by atoms with van der Waals surface area (Å²) in [4.78, 5) is 6.37. The van der Waals surface area contributed by atoms with Crippen molar-refractivity contribution in [3.8, 4) is 0 Å². The van der Waals surface area contributed by atoms with Crippen LogP contribution in [-0.2, 0) is 20.2 Å². The van der Waals surface area contributed by atoms with Crippen molar-refractivity contribution in [2.24, 2.45) is 4.99 Å². The van der Waals surface area contributed by atoms with Crippen LogP contribution in [0.1, 0.15) is 33.3 Å². The summed E-state index contributed by atoms with van der Waals surface area (Å²) in [5, 5.41) is 3.33. The molecule has 1 aliphatic heterocycles. The van der Waals surface area contributed by atoms with Crippen LogP contribution in [0.2, 0.25) is 0 Å². The summed E-state index contributed by atoms with van der Waals surface area (Å²) >= 11 is 0. The SMILES string of the molecule is CN=C(NCC(C)(C)c1ccccc1F)N1CCN(S(=O)(=O)CCOC(C)C)CC1. The first-order chi connectivity index (χ1) is 14.1. The fourth-order valence-corrected chi connectivity index (χ4v) is 4.72. The molecule has 1 fully saturated rings. The second kappa shape index (κ2) is 10.5. The Labute approximate surface area is 180 Å². The highest BCUT2D eigenvalue weighted by Crippen LogP contribution is 2.25. The molecule has 0 radical (unpaired) electrons. The first-order valence-electron chi connectivity index (χ1n) is 10.4. The number of nitrogens with one attached hydrogen (secondary N) is 1. The average Bonchev–Trinajstić information content (AvgIpc) is 2.68. The molecule has 1 saturated heterocycles. The first-order valence-corrected chi connectivity index (χ1v) is 12.0. The van der Waals surface area contributed by atoms with Gasteiger partial charge in [0.05, 0.1) is 18.5 Å². The minimum absolute atomic E-state index is 0.00498. The standard InChI is InChI=1S/C21H35FN4O3S/c1-17(2)29-14-15-30(27,28)26-12-10-25(11-13-26)20(23-5)24-16-21(3,4)18-8-6-7-9-19(18)22/h6-9,17H,10-16H2,1-5H3,(H,23,24). The van der Waals surface area contributed by atoms with Gasteiger partial charge in [-0.05, 0) is 25.5 Å². The lowest BCUT2D eigenvalue weighted by Gasteiger charge is -2.37. The lowest BCUT2D eigenvalue weighted by atomic mass is 9.84. The molecule has 1 N–H and O–H groups in total. The van der Waals surface area contributed by atoms with E-state index in [0.717, 1.165) is 0 Å². The molecule has 0 aromatic heterocycles. The molecule has 0 bridgehead atoms. The van der Waals surface area contributed by atoms with Crippen LogP contribution in [0, 0.1) is 5.82 Å². The molecule has 0 spiro atoms. The van der Waals surface area contributed by atoms with Crippen LogP contribution in [0.5, 0.6) is 0 Å². The molecule has 170 valence electrons. The van der Waals surface area contributed by atoms with Crippen LogP contribution in [-0.4, -0.2) is 81.8 Å². The topological polar surface area (TPSA) is 74.2 Å². The molecule has 1 aliphatic rings. The van der Waals surface area contributed by atoms with Gasteiger partial charge in [-0.2, -0.15) is 4.31 Å². The van der Waals surface area contributed by atoms with Gasteiger partial charge in [0.2, 0.25) is 10.0 Å². The van der Waals surface area contributed by atoms with Gasteiger partial charge in [-0.25, -0.2) is 12.8 Å². The van der Waals surface area contributed by atoms with E-state index < -0.39 is 15.4 Å². The van der Waals surface area contributed by atoms with Gasteiger partial charge in [0.15, 0.2) is 5.96 Å². The highest BCUT2D eigenvalue weighted by Gasteiger charge is 2.29. The monoisotopic (exact) mass is 442 g/mol. The smallest absolute Gasteiger partial charge is 0.216 e. The molecule has 0 saturated carbocycles. The third-order valence-electron chi connectivity index (χ3n) is 5.23. The summed E-state index contributed by atoms with van der Waals surface area (Å²) in [6, 6.07) is 6.79. The predicted octanol–water partition coefficient (Wildman–Crippen LogP) is 2.05. The van der Waals surface area contributed by atoms with Crippen molar-refractivity contribution in [2.75, 3.05) is 52.1 Å². The van der Waals surface area contributed by atoms with Crippen molar-refractivity contribution < 1.29 is 17.5 Å². The van der Waals surface area contributed by atoms with Gasteiger partial charge in [0.1, 0.15) is 5.82 Å². The van der Waals surface area contributed by atoms with Crippen LogP contribution in [0.15, 0.2) is 29.3 Å². The van der Waals surface area contributed by atoms with Gasteiger partial charge in [0, 0.05) is 45.2 Å². The highest BCUT2D eigenvalue weighted by molar-refractivity contribution is 7.89. The van der Waals surface area contributed by atoms with E-state index in [1.54, 1.807) is 19.2 Å². The van der Waals surface area contributed by atoms with Gasteiger partial charge in [-0.3, -0.25) is 4.99 Å². The largest absolute Gasteiger partial charge is 0.378 e. The molecule has 0 atom stereocenters. The number of guanidine groups is 1. The molecule has 0 aliphatic carbocycles. The number of hydrogen-bond acceptors (Lipinski definition) is 4. The highest BCUT2D eigenvalue weighted by atomic mass is 32.2. The van der Waals surface area contributed by atoms with E-state index in [9.17, 15) is 12.8 Å². The Kier molecular flexibility index (Phi) is 8.63. The van der Waals surface area contributed by atoms with Crippen molar-refractivity contribution in [2.45, 2.75) is 39.2 Å². The van der Waals surface area contributed by atoms with E-state index in [-0.39, 0.29) is 24.3 Å². The zero-order valence-electron chi connectivity index (χ0n) is 18.7. The average molecular weight is 443 g/mol. The Morgan fingerprint density at radius 2 is 1.87 bits per heavy atom. The molecule has 0 unspecified atom stereocenters. The van der Waals surface area contributed by atoms with Crippen LogP contribution in [0.3, 0.4) is 0 Å². The first kappa shape index (κ1) is 24.6. The number of rotatable bonds is 8. The zero-order chi connectivity index (χ0) is 22.4. The Bertz CT molecular complexity index is 819. The van der Waals surface area contributed by atoms with Crippen molar-refractivity contribution in [3.05, 3.63) is 35.6 Å². The quantitative estimate of drug-likeness (QED) is 0.493. The molecule has 9 heteroatoms. The summed E-state index contributed by atoms with van der Waals surface area (Å²) in [7, 11) is -1.63. The number of benzene rings is 1. The molecule has 1 heterocycles. The van der Waals surface area contributed by atoms with E-state index >= 15 is 0 Å². The Morgan fingerprint density at radius 3 is 2.43 bits per heavy atom. The lowest BCUT2D eigenvalue weighted by Crippen LogP contribution is -2.55. The third kappa shape index (κ3) is 6.65. The number of hydrogen-bond donors (Lipinski definition) is 1. The van der Waals surface area contributed by atoms with Gasteiger partial charge < -0.3 is 15.0 Å². The second-order valence-corrected chi connectivity index (χ2v) is 10.5. The lowest BCUT2D eigenvalue weighted by molar-refractivity contribution is 0.0904. The number of piperazine rings is 1. The molecule has 30 heavy (non-hydrogen) atoms. The van der Waals surface area contributed by atoms with E-state index in [2.05, 4.69) is 10.3 Å². The Balaban J connectivity index is 1.90. The van der Waals surface area contributed by atoms with Gasteiger partial charge in [0.25, 0.3) is 0 Å². The summed E-state index contributed by atoms with van der Waals surface area (Å²) < 4.78 is 46.1. The van der Waals surface area contributed by atoms with Crippen LogP contribution in [0.4, 0.5) is 4.39 Å². The van der Waals surface area contributed by atoms with Crippen LogP contribution >= 0.6 is 0 Å². The predicted molar refractivity (Wildman–Crippen MR) is 119 cm³/mol. The van der Waals surface area contributed by atoms with Crippen molar-refractivity contribution >= 4 is 16.0 Å². The van der Waals surface area contributed by atoms with E-state index in [4.69, 9.17) is 4.74 Å². The van der Waals surface area contributed by atoms with Crippen LogP contribution in [0.25, 0.3) is 0 Å². The zero-order valence-corrected chi connectivity index (χ0v) is 19.5. The maximum Gasteiger partial charge on any atom is 0.216 e. The van der Waals surface area contributed by atoms with Gasteiger partial charge in [-0.15, -0.1) is 0 Å². The summed E-state index contributed by atoms with van der Waals surface area (Å²) in [5.41, 5.74) is 0.218.